The summed E-state index contributed by atoms with van der Waals surface area (Å²) in [4.78, 5) is 16.8. The first-order valence-corrected chi connectivity index (χ1v) is 9.77. The Balaban J connectivity index is 2.11. The van der Waals surface area contributed by atoms with Gasteiger partial charge in [0.1, 0.15) is 4.75 Å². The molecule has 0 aliphatic rings. The van der Waals surface area contributed by atoms with Crippen molar-refractivity contribution < 1.29 is 9.53 Å². The standard InChI is InChI=1S/C20H18N2O2S2/c1-5-24-19(23)20(2,3)25-16-11-8-14-12-22-26-18(14)17(16)13-6-9-15(21-4)10-7-13/h6-12H,5H2,1-3H3. The van der Waals surface area contributed by atoms with Crippen LogP contribution in [0.15, 0.2) is 47.5 Å². The van der Waals surface area contributed by atoms with E-state index in [4.69, 9.17) is 11.3 Å². The van der Waals surface area contributed by atoms with E-state index >= 15 is 0 Å². The molecule has 6 heteroatoms. The number of nitrogens with zero attached hydrogens (tertiary/aromatic N) is 2. The average molecular weight is 383 g/mol. The van der Waals surface area contributed by atoms with Crippen molar-refractivity contribution in [3.05, 3.63) is 54.0 Å². The normalized spacial score (nSPS) is 11.3. The van der Waals surface area contributed by atoms with E-state index in [9.17, 15) is 4.79 Å². The van der Waals surface area contributed by atoms with E-state index in [1.807, 2.05) is 63.4 Å². The van der Waals surface area contributed by atoms with Gasteiger partial charge in [0.05, 0.1) is 17.9 Å². The molecule has 3 aromatic rings. The molecular formula is C20H18N2O2S2. The molecule has 0 atom stereocenters. The highest BCUT2D eigenvalue weighted by Gasteiger charge is 2.32. The average Bonchev–Trinajstić information content (AvgIpc) is 3.10. The molecule has 0 aliphatic carbocycles. The summed E-state index contributed by atoms with van der Waals surface area (Å²) in [6.45, 7) is 13.1. The van der Waals surface area contributed by atoms with Crippen LogP contribution >= 0.6 is 23.3 Å². The molecule has 26 heavy (non-hydrogen) atoms. The molecule has 0 bridgehead atoms. The second kappa shape index (κ2) is 7.48. The molecule has 0 saturated heterocycles. The van der Waals surface area contributed by atoms with Crippen LogP contribution in [0, 0.1) is 6.57 Å². The molecule has 0 saturated carbocycles. The maximum atomic E-state index is 12.3. The zero-order valence-corrected chi connectivity index (χ0v) is 16.4. The Morgan fingerprint density at radius 2 is 2.00 bits per heavy atom. The minimum Gasteiger partial charge on any atom is -0.465 e. The zero-order valence-electron chi connectivity index (χ0n) is 14.8. The molecular weight excluding hydrogens is 364 g/mol. The number of rotatable bonds is 5. The number of fused-ring (bicyclic) bond motifs is 1. The lowest BCUT2D eigenvalue weighted by Crippen LogP contribution is -2.30. The van der Waals surface area contributed by atoms with Crippen LogP contribution in [0.2, 0.25) is 0 Å². The third-order valence-electron chi connectivity index (χ3n) is 3.90. The smallest absolute Gasteiger partial charge is 0.321 e. The lowest BCUT2D eigenvalue weighted by Gasteiger charge is -2.23. The van der Waals surface area contributed by atoms with Crippen LogP contribution in [-0.4, -0.2) is 21.7 Å². The first-order chi connectivity index (χ1) is 12.5. The first-order valence-electron chi connectivity index (χ1n) is 8.18. The minimum atomic E-state index is -0.709. The molecule has 2 aromatic carbocycles. The molecule has 0 unspecified atom stereocenters. The Morgan fingerprint density at radius 3 is 2.65 bits per heavy atom. The molecule has 0 aliphatic heterocycles. The summed E-state index contributed by atoms with van der Waals surface area (Å²) < 4.78 is 9.91. The number of benzene rings is 2. The second-order valence-corrected chi connectivity index (χ2v) is 8.64. The van der Waals surface area contributed by atoms with Gasteiger partial charge in [-0.15, -0.1) is 11.8 Å². The van der Waals surface area contributed by atoms with Crippen molar-refractivity contribution in [2.24, 2.45) is 0 Å². The number of aromatic nitrogens is 1. The molecule has 1 aromatic heterocycles. The van der Waals surface area contributed by atoms with Crippen molar-refractivity contribution in [3.8, 4) is 11.1 Å². The van der Waals surface area contributed by atoms with E-state index in [0.717, 1.165) is 26.1 Å². The molecule has 3 rings (SSSR count). The van der Waals surface area contributed by atoms with E-state index in [-0.39, 0.29) is 5.97 Å². The van der Waals surface area contributed by atoms with Gasteiger partial charge in [-0.25, -0.2) is 4.85 Å². The first kappa shape index (κ1) is 18.4. The Labute approximate surface area is 161 Å². The van der Waals surface area contributed by atoms with Gasteiger partial charge >= 0.3 is 5.97 Å². The van der Waals surface area contributed by atoms with E-state index in [1.165, 1.54) is 23.3 Å². The van der Waals surface area contributed by atoms with E-state index in [1.54, 1.807) is 0 Å². The van der Waals surface area contributed by atoms with Crippen LogP contribution in [-0.2, 0) is 9.53 Å². The number of carbonyl (C=O) groups is 1. The van der Waals surface area contributed by atoms with Crippen molar-refractivity contribution in [2.75, 3.05) is 6.61 Å². The number of carbonyl (C=O) groups excluding carboxylic acids is 1. The molecule has 4 nitrogen and oxygen atoms in total. The second-order valence-electron chi connectivity index (χ2n) is 6.17. The summed E-state index contributed by atoms with van der Waals surface area (Å²) in [7, 11) is 0. The van der Waals surface area contributed by atoms with Gasteiger partial charge in [-0.2, -0.15) is 4.37 Å². The quantitative estimate of drug-likeness (QED) is 0.311. The van der Waals surface area contributed by atoms with Crippen LogP contribution in [0.1, 0.15) is 20.8 Å². The van der Waals surface area contributed by atoms with Crippen LogP contribution in [0.5, 0.6) is 0 Å². The molecule has 0 N–H and O–H groups in total. The maximum absolute atomic E-state index is 12.3. The summed E-state index contributed by atoms with van der Waals surface area (Å²) >= 11 is 2.93. The Morgan fingerprint density at radius 1 is 1.27 bits per heavy atom. The van der Waals surface area contributed by atoms with Gasteiger partial charge in [0, 0.05) is 22.0 Å². The number of hydrogen-bond acceptors (Lipinski definition) is 5. The van der Waals surface area contributed by atoms with Crippen molar-refractivity contribution in [1.82, 2.24) is 4.37 Å². The number of thioether (sulfide) groups is 1. The minimum absolute atomic E-state index is 0.233. The van der Waals surface area contributed by atoms with Gasteiger partial charge in [0.15, 0.2) is 5.69 Å². The Kier molecular flexibility index (Phi) is 5.30. The van der Waals surface area contributed by atoms with E-state index < -0.39 is 4.75 Å². The van der Waals surface area contributed by atoms with Crippen LogP contribution in [0.4, 0.5) is 5.69 Å². The van der Waals surface area contributed by atoms with Crippen molar-refractivity contribution in [2.45, 2.75) is 30.4 Å². The van der Waals surface area contributed by atoms with E-state index in [2.05, 4.69) is 9.22 Å². The SMILES string of the molecule is [C-]#[N+]c1ccc(-c2c(SC(C)(C)C(=O)OCC)ccc3cnsc23)cc1. The number of esters is 1. The summed E-state index contributed by atoms with van der Waals surface area (Å²) in [6.07, 6.45) is 1.85. The lowest BCUT2D eigenvalue weighted by atomic mass is 10.0. The van der Waals surface area contributed by atoms with Crippen molar-refractivity contribution in [1.29, 1.82) is 0 Å². The predicted molar refractivity (Wildman–Crippen MR) is 108 cm³/mol. The summed E-state index contributed by atoms with van der Waals surface area (Å²) in [5.41, 5.74) is 2.66. The third-order valence-corrected chi connectivity index (χ3v) is 5.97. The van der Waals surface area contributed by atoms with Crippen molar-refractivity contribution >= 4 is 45.0 Å². The van der Waals surface area contributed by atoms with Gasteiger partial charge in [0.2, 0.25) is 0 Å². The fourth-order valence-electron chi connectivity index (χ4n) is 2.60. The third kappa shape index (κ3) is 3.59. The van der Waals surface area contributed by atoms with Gasteiger partial charge in [-0.1, -0.05) is 30.3 Å². The summed E-state index contributed by atoms with van der Waals surface area (Å²) in [5, 5.41) is 1.07. The lowest BCUT2D eigenvalue weighted by molar-refractivity contribution is -0.145. The topological polar surface area (TPSA) is 43.5 Å². The van der Waals surface area contributed by atoms with Gasteiger partial charge in [-0.05, 0) is 43.9 Å². The molecule has 132 valence electrons. The number of hydrogen-bond donors (Lipinski definition) is 0. The van der Waals surface area contributed by atoms with Crippen molar-refractivity contribution in [3.63, 3.8) is 0 Å². The Bertz CT molecular complexity index is 985. The molecule has 0 amide bonds. The molecule has 1 heterocycles. The Hall–Kier alpha value is -2.36. The summed E-state index contributed by atoms with van der Waals surface area (Å²) in [6, 6.07) is 11.6. The van der Waals surface area contributed by atoms with E-state index in [0.29, 0.717) is 12.3 Å². The molecule has 0 fully saturated rings. The van der Waals surface area contributed by atoms with Gasteiger partial charge < -0.3 is 4.74 Å². The largest absolute Gasteiger partial charge is 0.465 e. The highest BCUT2D eigenvalue weighted by atomic mass is 32.2. The molecule has 0 radical (unpaired) electrons. The monoisotopic (exact) mass is 382 g/mol. The summed E-state index contributed by atoms with van der Waals surface area (Å²) in [5.74, 6) is -0.233. The zero-order chi connectivity index (χ0) is 18.7. The number of ether oxygens (including phenoxy) is 1. The fraction of sp³-hybridized carbons (Fsp3) is 0.250. The highest BCUT2D eigenvalue weighted by molar-refractivity contribution is 8.01. The van der Waals surface area contributed by atoms with Gasteiger partial charge in [0.25, 0.3) is 0 Å². The van der Waals surface area contributed by atoms with Crippen LogP contribution < -0.4 is 0 Å². The highest BCUT2D eigenvalue weighted by Crippen LogP contribution is 2.44. The van der Waals surface area contributed by atoms with Crippen LogP contribution in [0.25, 0.3) is 26.1 Å². The van der Waals surface area contributed by atoms with Gasteiger partial charge in [-0.3, -0.25) is 4.79 Å². The fourth-order valence-corrected chi connectivity index (χ4v) is 4.63. The molecule has 0 spiro atoms. The predicted octanol–water partition coefficient (Wildman–Crippen LogP) is 5.95. The maximum Gasteiger partial charge on any atom is 0.321 e. The van der Waals surface area contributed by atoms with Crippen LogP contribution in [0.3, 0.4) is 0 Å².